The van der Waals surface area contributed by atoms with Crippen molar-refractivity contribution >= 4 is 5.91 Å². The Morgan fingerprint density at radius 2 is 2.05 bits per heavy atom. The van der Waals surface area contributed by atoms with Gasteiger partial charge in [-0.15, -0.1) is 0 Å². The Hall–Kier alpha value is -1.75. The standard InChI is InChI=1S/C17H26N2O3/c1-2-21-15-6-3-4-7-16(15)22-11-5-8-17(20)19-10-9-14(12-18)13-19/h3-4,6-7,14H,2,5,8-13,18H2,1H3. The number of benzene rings is 1. The molecule has 1 aliphatic rings. The Labute approximate surface area is 132 Å². The summed E-state index contributed by atoms with van der Waals surface area (Å²) < 4.78 is 11.2. The van der Waals surface area contributed by atoms with Crippen molar-refractivity contribution < 1.29 is 14.3 Å². The van der Waals surface area contributed by atoms with Crippen LogP contribution in [0.3, 0.4) is 0 Å². The van der Waals surface area contributed by atoms with Crippen molar-refractivity contribution in [1.29, 1.82) is 0 Å². The SMILES string of the molecule is CCOc1ccccc1OCCCC(=O)N1CCC(CN)C1. The number of rotatable bonds is 8. The molecule has 0 aliphatic carbocycles. The monoisotopic (exact) mass is 306 g/mol. The van der Waals surface area contributed by atoms with Gasteiger partial charge < -0.3 is 20.1 Å². The molecule has 1 atom stereocenters. The number of para-hydroxylation sites is 2. The van der Waals surface area contributed by atoms with Crippen LogP contribution in [0.25, 0.3) is 0 Å². The smallest absolute Gasteiger partial charge is 0.222 e. The molecule has 2 rings (SSSR count). The van der Waals surface area contributed by atoms with E-state index in [1.165, 1.54) is 0 Å². The predicted octanol–water partition coefficient (Wildman–Crippen LogP) is 2.05. The number of carbonyl (C=O) groups excluding carboxylic acids is 1. The first-order chi connectivity index (χ1) is 10.7. The lowest BCUT2D eigenvalue weighted by Crippen LogP contribution is -2.29. The fourth-order valence-electron chi connectivity index (χ4n) is 2.66. The molecule has 0 bridgehead atoms. The molecule has 1 saturated heterocycles. The highest BCUT2D eigenvalue weighted by molar-refractivity contribution is 5.76. The summed E-state index contributed by atoms with van der Waals surface area (Å²) in [7, 11) is 0. The third-order valence-electron chi connectivity index (χ3n) is 3.91. The fourth-order valence-corrected chi connectivity index (χ4v) is 2.66. The van der Waals surface area contributed by atoms with Crippen LogP contribution in [0.1, 0.15) is 26.2 Å². The molecular weight excluding hydrogens is 280 g/mol. The summed E-state index contributed by atoms with van der Waals surface area (Å²) >= 11 is 0. The van der Waals surface area contributed by atoms with E-state index < -0.39 is 0 Å². The number of hydrogen-bond donors (Lipinski definition) is 1. The van der Waals surface area contributed by atoms with Crippen LogP contribution < -0.4 is 15.2 Å². The summed E-state index contributed by atoms with van der Waals surface area (Å²) in [6.45, 7) is 5.39. The molecule has 5 heteroatoms. The summed E-state index contributed by atoms with van der Waals surface area (Å²) in [5.41, 5.74) is 5.65. The maximum absolute atomic E-state index is 12.1. The van der Waals surface area contributed by atoms with Crippen LogP contribution in [0.4, 0.5) is 0 Å². The van der Waals surface area contributed by atoms with Crippen molar-refractivity contribution in [3.63, 3.8) is 0 Å². The van der Waals surface area contributed by atoms with E-state index in [2.05, 4.69) is 0 Å². The lowest BCUT2D eigenvalue weighted by Gasteiger charge is -2.16. The van der Waals surface area contributed by atoms with Crippen LogP contribution >= 0.6 is 0 Å². The Morgan fingerprint density at radius 1 is 1.32 bits per heavy atom. The molecule has 22 heavy (non-hydrogen) atoms. The number of likely N-dealkylation sites (tertiary alicyclic amines) is 1. The minimum Gasteiger partial charge on any atom is -0.490 e. The van der Waals surface area contributed by atoms with Gasteiger partial charge in [-0.05, 0) is 44.4 Å². The summed E-state index contributed by atoms with van der Waals surface area (Å²) in [6.07, 6.45) is 2.26. The van der Waals surface area contributed by atoms with E-state index in [4.69, 9.17) is 15.2 Å². The topological polar surface area (TPSA) is 64.8 Å². The number of ether oxygens (including phenoxy) is 2. The predicted molar refractivity (Wildman–Crippen MR) is 86.1 cm³/mol. The average Bonchev–Trinajstić information content (AvgIpc) is 3.02. The maximum Gasteiger partial charge on any atom is 0.222 e. The van der Waals surface area contributed by atoms with Gasteiger partial charge >= 0.3 is 0 Å². The second-order valence-corrected chi connectivity index (χ2v) is 5.56. The average molecular weight is 306 g/mol. The lowest BCUT2D eigenvalue weighted by atomic mass is 10.1. The first-order valence-corrected chi connectivity index (χ1v) is 8.07. The van der Waals surface area contributed by atoms with Gasteiger partial charge in [0.25, 0.3) is 0 Å². The van der Waals surface area contributed by atoms with Crippen molar-refractivity contribution in [2.45, 2.75) is 26.2 Å². The van der Waals surface area contributed by atoms with Crippen molar-refractivity contribution in [3.05, 3.63) is 24.3 Å². The maximum atomic E-state index is 12.1. The number of hydrogen-bond acceptors (Lipinski definition) is 4. The third kappa shape index (κ3) is 4.63. The molecule has 1 amide bonds. The first kappa shape index (κ1) is 16.6. The van der Waals surface area contributed by atoms with Gasteiger partial charge in [-0.25, -0.2) is 0 Å². The van der Waals surface area contributed by atoms with Gasteiger partial charge in [-0.3, -0.25) is 4.79 Å². The largest absolute Gasteiger partial charge is 0.490 e. The molecule has 1 aromatic rings. The van der Waals surface area contributed by atoms with E-state index in [0.717, 1.165) is 31.0 Å². The third-order valence-corrected chi connectivity index (χ3v) is 3.91. The molecule has 2 N–H and O–H groups in total. The minimum absolute atomic E-state index is 0.206. The van der Waals surface area contributed by atoms with E-state index >= 15 is 0 Å². The summed E-state index contributed by atoms with van der Waals surface area (Å²) in [5, 5.41) is 0. The Balaban J connectivity index is 1.70. The Kier molecular flexibility index (Phi) is 6.52. The van der Waals surface area contributed by atoms with E-state index in [1.54, 1.807) is 0 Å². The quantitative estimate of drug-likeness (QED) is 0.747. The molecule has 1 aromatic carbocycles. The van der Waals surface area contributed by atoms with Gasteiger partial charge in [0.2, 0.25) is 5.91 Å². The molecular formula is C17H26N2O3. The molecule has 122 valence electrons. The van der Waals surface area contributed by atoms with Gasteiger partial charge in [0.15, 0.2) is 11.5 Å². The zero-order chi connectivity index (χ0) is 15.8. The molecule has 0 saturated carbocycles. The van der Waals surface area contributed by atoms with Crippen molar-refractivity contribution in [1.82, 2.24) is 4.90 Å². The molecule has 1 fully saturated rings. The molecule has 1 unspecified atom stereocenters. The van der Waals surface area contributed by atoms with E-state index in [-0.39, 0.29) is 5.91 Å². The van der Waals surface area contributed by atoms with Crippen molar-refractivity contribution in [2.75, 3.05) is 32.8 Å². The second kappa shape index (κ2) is 8.63. The van der Waals surface area contributed by atoms with Gasteiger partial charge in [0.1, 0.15) is 0 Å². The van der Waals surface area contributed by atoms with Crippen molar-refractivity contribution in [2.24, 2.45) is 11.7 Å². The van der Waals surface area contributed by atoms with Gasteiger partial charge in [0, 0.05) is 19.5 Å². The summed E-state index contributed by atoms with van der Waals surface area (Å²) in [5.74, 6) is 2.17. The Morgan fingerprint density at radius 3 is 2.68 bits per heavy atom. The fraction of sp³-hybridized carbons (Fsp3) is 0.588. The van der Waals surface area contributed by atoms with E-state index in [9.17, 15) is 4.79 Å². The highest BCUT2D eigenvalue weighted by Crippen LogP contribution is 2.26. The van der Waals surface area contributed by atoms with E-state index in [0.29, 0.717) is 38.5 Å². The number of carbonyl (C=O) groups is 1. The van der Waals surface area contributed by atoms with Crippen LogP contribution in [-0.2, 0) is 4.79 Å². The molecule has 1 aliphatic heterocycles. The Bertz CT molecular complexity index is 479. The first-order valence-electron chi connectivity index (χ1n) is 8.07. The van der Waals surface area contributed by atoms with Crippen LogP contribution in [0.2, 0.25) is 0 Å². The van der Waals surface area contributed by atoms with Crippen LogP contribution in [-0.4, -0.2) is 43.7 Å². The highest BCUT2D eigenvalue weighted by Gasteiger charge is 2.24. The number of nitrogens with zero attached hydrogens (tertiary/aromatic N) is 1. The van der Waals surface area contributed by atoms with Crippen molar-refractivity contribution in [3.8, 4) is 11.5 Å². The summed E-state index contributed by atoms with van der Waals surface area (Å²) in [4.78, 5) is 14.0. The number of nitrogens with two attached hydrogens (primary N) is 1. The van der Waals surface area contributed by atoms with Gasteiger partial charge in [-0.1, -0.05) is 12.1 Å². The highest BCUT2D eigenvalue weighted by atomic mass is 16.5. The summed E-state index contributed by atoms with van der Waals surface area (Å²) in [6, 6.07) is 7.61. The van der Waals surface area contributed by atoms with Crippen LogP contribution in [0.15, 0.2) is 24.3 Å². The molecule has 1 heterocycles. The van der Waals surface area contributed by atoms with Crippen LogP contribution in [0.5, 0.6) is 11.5 Å². The molecule has 5 nitrogen and oxygen atoms in total. The number of amides is 1. The van der Waals surface area contributed by atoms with Gasteiger partial charge in [-0.2, -0.15) is 0 Å². The second-order valence-electron chi connectivity index (χ2n) is 5.56. The normalized spacial score (nSPS) is 17.5. The molecule has 0 spiro atoms. The molecule has 0 radical (unpaired) electrons. The molecule has 0 aromatic heterocycles. The lowest BCUT2D eigenvalue weighted by molar-refractivity contribution is -0.130. The van der Waals surface area contributed by atoms with E-state index in [1.807, 2.05) is 36.1 Å². The van der Waals surface area contributed by atoms with Gasteiger partial charge in [0.05, 0.1) is 13.2 Å². The van der Waals surface area contributed by atoms with Crippen LogP contribution in [0, 0.1) is 5.92 Å². The zero-order valence-electron chi connectivity index (χ0n) is 13.3. The minimum atomic E-state index is 0.206. The zero-order valence-corrected chi connectivity index (χ0v) is 13.3.